The van der Waals surface area contributed by atoms with E-state index in [0.29, 0.717) is 23.5 Å². The van der Waals surface area contributed by atoms with Crippen molar-refractivity contribution in [2.45, 2.75) is 107 Å². The number of methoxy groups -OCH3 is 1. The van der Waals surface area contributed by atoms with Crippen molar-refractivity contribution in [2.24, 2.45) is 0 Å². The Kier molecular flexibility index (Phi) is 12.1. The van der Waals surface area contributed by atoms with Crippen LogP contribution in [-0.2, 0) is 14.3 Å². The van der Waals surface area contributed by atoms with Crippen molar-refractivity contribution in [3.05, 3.63) is 0 Å². The third-order valence-electron chi connectivity index (χ3n) is 4.76. The van der Waals surface area contributed by atoms with Gasteiger partial charge in [0.1, 0.15) is 0 Å². The van der Waals surface area contributed by atoms with E-state index >= 15 is 0 Å². The van der Waals surface area contributed by atoms with Gasteiger partial charge in [0.2, 0.25) is 0 Å². The SMILES string of the molecule is CCCCCC(Br)C1CCC(CCCCCCCC(=O)OC)O1. The summed E-state index contributed by atoms with van der Waals surface area (Å²) in [7, 11) is 1.46. The molecule has 0 saturated carbocycles. The van der Waals surface area contributed by atoms with Crippen LogP contribution >= 0.6 is 15.9 Å². The van der Waals surface area contributed by atoms with E-state index in [9.17, 15) is 4.79 Å². The largest absolute Gasteiger partial charge is 0.469 e. The Morgan fingerprint density at radius 1 is 1.13 bits per heavy atom. The molecule has 136 valence electrons. The van der Waals surface area contributed by atoms with Crippen LogP contribution in [0.2, 0.25) is 0 Å². The summed E-state index contributed by atoms with van der Waals surface area (Å²) in [6, 6.07) is 0. The minimum Gasteiger partial charge on any atom is -0.469 e. The molecule has 0 spiro atoms. The van der Waals surface area contributed by atoms with Gasteiger partial charge in [-0.25, -0.2) is 0 Å². The lowest BCUT2D eigenvalue weighted by molar-refractivity contribution is -0.140. The predicted molar refractivity (Wildman–Crippen MR) is 99.1 cm³/mol. The van der Waals surface area contributed by atoms with E-state index in [2.05, 4.69) is 27.6 Å². The Labute approximate surface area is 151 Å². The van der Waals surface area contributed by atoms with Crippen LogP contribution in [-0.4, -0.2) is 30.1 Å². The molecule has 1 rings (SSSR count). The fraction of sp³-hybridized carbons (Fsp3) is 0.947. The summed E-state index contributed by atoms with van der Waals surface area (Å²) in [6.07, 6.45) is 16.1. The molecule has 23 heavy (non-hydrogen) atoms. The summed E-state index contributed by atoms with van der Waals surface area (Å²) < 4.78 is 10.9. The van der Waals surface area contributed by atoms with Gasteiger partial charge in [0.05, 0.1) is 19.3 Å². The van der Waals surface area contributed by atoms with Crippen LogP contribution in [0.15, 0.2) is 0 Å². The van der Waals surface area contributed by atoms with E-state index < -0.39 is 0 Å². The number of rotatable bonds is 13. The van der Waals surface area contributed by atoms with Gasteiger partial charge in [-0.3, -0.25) is 4.79 Å². The molecular formula is C19H35BrO3. The lowest BCUT2D eigenvalue weighted by Gasteiger charge is -2.19. The first-order valence-electron chi connectivity index (χ1n) is 9.53. The van der Waals surface area contributed by atoms with Crippen LogP contribution in [0.1, 0.15) is 90.4 Å². The monoisotopic (exact) mass is 390 g/mol. The normalized spacial score (nSPS) is 22.2. The highest BCUT2D eigenvalue weighted by Crippen LogP contribution is 2.31. The quantitative estimate of drug-likeness (QED) is 0.227. The molecule has 0 radical (unpaired) electrons. The molecule has 3 nitrogen and oxygen atoms in total. The molecule has 0 amide bonds. The van der Waals surface area contributed by atoms with Crippen molar-refractivity contribution in [1.29, 1.82) is 0 Å². The smallest absolute Gasteiger partial charge is 0.305 e. The van der Waals surface area contributed by atoms with Crippen molar-refractivity contribution in [2.75, 3.05) is 7.11 Å². The first kappa shape index (κ1) is 21.0. The third-order valence-corrected chi connectivity index (χ3v) is 5.81. The zero-order valence-electron chi connectivity index (χ0n) is 15.0. The van der Waals surface area contributed by atoms with Gasteiger partial charge < -0.3 is 9.47 Å². The average Bonchev–Trinajstić information content (AvgIpc) is 3.02. The lowest BCUT2D eigenvalue weighted by Crippen LogP contribution is -2.21. The molecule has 0 aromatic carbocycles. The van der Waals surface area contributed by atoms with Gasteiger partial charge in [-0.2, -0.15) is 0 Å². The van der Waals surface area contributed by atoms with Crippen molar-refractivity contribution >= 4 is 21.9 Å². The van der Waals surface area contributed by atoms with Gasteiger partial charge in [0.25, 0.3) is 0 Å². The molecular weight excluding hydrogens is 356 g/mol. The van der Waals surface area contributed by atoms with E-state index in [4.69, 9.17) is 4.74 Å². The van der Waals surface area contributed by atoms with E-state index in [-0.39, 0.29) is 5.97 Å². The zero-order valence-corrected chi connectivity index (χ0v) is 16.6. The van der Waals surface area contributed by atoms with Crippen LogP contribution in [0.25, 0.3) is 0 Å². The van der Waals surface area contributed by atoms with Crippen LogP contribution in [0.5, 0.6) is 0 Å². The Bertz CT molecular complexity index is 309. The molecule has 3 atom stereocenters. The number of carbonyl (C=O) groups excluding carboxylic acids is 1. The van der Waals surface area contributed by atoms with Gasteiger partial charge >= 0.3 is 5.97 Å². The maximum atomic E-state index is 11.0. The zero-order chi connectivity index (χ0) is 16.9. The van der Waals surface area contributed by atoms with E-state index in [1.54, 1.807) is 0 Å². The molecule has 1 heterocycles. The molecule has 1 aliphatic heterocycles. The molecule has 0 N–H and O–H groups in total. The van der Waals surface area contributed by atoms with Crippen LogP contribution in [0, 0.1) is 0 Å². The Morgan fingerprint density at radius 3 is 2.61 bits per heavy atom. The number of ether oxygens (including phenoxy) is 2. The summed E-state index contributed by atoms with van der Waals surface area (Å²) in [5.41, 5.74) is 0. The summed E-state index contributed by atoms with van der Waals surface area (Å²) in [6.45, 7) is 2.25. The number of hydrogen-bond acceptors (Lipinski definition) is 3. The summed E-state index contributed by atoms with van der Waals surface area (Å²) >= 11 is 3.83. The number of alkyl halides is 1. The maximum absolute atomic E-state index is 11.0. The van der Waals surface area contributed by atoms with Gasteiger partial charge in [-0.1, -0.05) is 67.8 Å². The van der Waals surface area contributed by atoms with Gasteiger partial charge in [0, 0.05) is 11.2 Å². The minimum atomic E-state index is -0.0846. The number of esters is 1. The summed E-state index contributed by atoms with van der Waals surface area (Å²) in [5, 5.41) is 0. The average molecular weight is 391 g/mol. The minimum absolute atomic E-state index is 0.0846. The van der Waals surface area contributed by atoms with Crippen molar-refractivity contribution in [1.82, 2.24) is 0 Å². The highest BCUT2D eigenvalue weighted by molar-refractivity contribution is 9.09. The Hall–Kier alpha value is -0.0900. The van der Waals surface area contributed by atoms with Crippen molar-refractivity contribution in [3.8, 4) is 0 Å². The molecule has 1 saturated heterocycles. The fourth-order valence-electron chi connectivity index (χ4n) is 3.26. The highest BCUT2D eigenvalue weighted by atomic mass is 79.9. The molecule has 1 aliphatic rings. The molecule has 0 aromatic heterocycles. The van der Waals surface area contributed by atoms with Crippen molar-refractivity contribution in [3.63, 3.8) is 0 Å². The maximum Gasteiger partial charge on any atom is 0.305 e. The third kappa shape index (κ3) is 9.71. The number of unbranched alkanes of at least 4 members (excludes halogenated alkanes) is 6. The topological polar surface area (TPSA) is 35.5 Å². The lowest BCUT2D eigenvalue weighted by atomic mass is 10.0. The Morgan fingerprint density at radius 2 is 1.87 bits per heavy atom. The van der Waals surface area contributed by atoms with E-state index in [1.807, 2.05) is 0 Å². The number of halogens is 1. The van der Waals surface area contributed by atoms with Crippen LogP contribution in [0.3, 0.4) is 0 Å². The van der Waals surface area contributed by atoms with Crippen LogP contribution < -0.4 is 0 Å². The molecule has 0 aliphatic carbocycles. The highest BCUT2D eigenvalue weighted by Gasteiger charge is 2.29. The molecule has 0 aromatic rings. The first-order valence-corrected chi connectivity index (χ1v) is 10.4. The summed E-state index contributed by atoms with van der Waals surface area (Å²) in [5.74, 6) is -0.0846. The van der Waals surface area contributed by atoms with Crippen LogP contribution in [0.4, 0.5) is 0 Å². The second kappa shape index (κ2) is 13.2. The predicted octanol–water partition coefficient (Wildman–Crippen LogP) is 5.78. The second-order valence-electron chi connectivity index (χ2n) is 6.77. The summed E-state index contributed by atoms with van der Waals surface area (Å²) in [4.78, 5) is 11.5. The first-order chi connectivity index (χ1) is 11.2. The molecule has 0 bridgehead atoms. The molecule has 3 unspecified atom stereocenters. The Balaban J connectivity index is 1.97. The van der Waals surface area contributed by atoms with E-state index in [1.165, 1.54) is 71.3 Å². The number of carbonyl (C=O) groups is 1. The van der Waals surface area contributed by atoms with Crippen molar-refractivity contribution < 1.29 is 14.3 Å². The van der Waals surface area contributed by atoms with E-state index in [0.717, 1.165) is 12.8 Å². The molecule has 1 fully saturated rings. The van der Waals surface area contributed by atoms with Gasteiger partial charge in [-0.05, 0) is 32.1 Å². The second-order valence-corrected chi connectivity index (χ2v) is 7.94. The number of hydrogen-bond donors (Lipinski definition) is 0. The standard InChI is InChI=1S/C19H35BrO3/c1-3-4-8-12-17(20)18-15-14-16(23-18)11-9-6-5-7-10-13-19(21)22-2/h16-18H,3-15H2,1-2H3. The fourth-order valence-corrected chi connectivity index (χ4v) is 3.97. The van der Waals surface area contributed by atoms with Gasteiger partial charge in [-0.15, -0.1) is 0 Å². The van der Waals surface area contributed by atoms with Gasteiger partial charge in [0.15, 0.2) is 0 Å². The molecule has 4 heteroatoms.